The molecule has 0 spiro atoms. The molecule has 2 rings (SSSR count). The molecular weight excluding hydrogens is 266 g/mol. The van der Waals surface area contributed by atoms with Gasteiger partial charge in [0.2, 0.25) is 5.91 Å². The van der Waals surface area contributed by atoms with E-state index in [9.17, 15) is 4.79 Å². The fraction of sp³-hybridized carbons (Fsp3) is 0.471. The Bertz CT molecular complexity index is 534. The lowest BCUT2D eigenvalue weighted by atomic mass is 9.90. The first-order valence-electron chi connectivity index (χ1n) is 7.29. The molecule has 1 aromatic carbocycles. The molecule has 21 heavy (non-hydrogen) atoms. The second-order valence-electron chi connectivity index (χ2n) is 5.77. The standard InChI is InChI=1S/C17H23NO3/c1-5-20-12-16-15(14-9-7-6-8-10-14)11-17(3,4)21-18(16)13(2)19/h6-10H,5,11-12H2,1-4H3. The number of nitrogens with zero attached hydrogens (tertiary/aromatic N) is 1. The van der Waals surface area contributed by atoms with Crippen molar-refractivity contribution in [1.82, 2.24) is 5.06 Å². The zero-order valence-corrected chi connectivity index (χ0v) is 13.2. The molecule has 1 amide bonds. The molecule has 0 atom stereocenters. The Morgan fingerprint density at radius 1 is 1.33 bits per heavy atom. The van der Waals surface area contributed by atoms with Crippen LogP contribution in [0.2, 0.25) is 0 Å². The van der Waals surface area contributed by atoms with E-state index in [1.54, 1.807) is 0 Å². The highest BCUT2D eigenvalue weighted by molar-refractivity contribution is 5.79. The van der Waals surface area contributed by atoms with Gasteiger partial charge in [-0.25, -0.2) is 0 Å². The maximum absolute atomic E-state index is 11.9. The predicted octanol–water partition coefficient (Wildman–Crippen LogP) is 3.40. The van der Waals surface area contributed by atoms with Gasteiger partial charge >= 0.3 is 0 Å². The molecule has 1 heterocycles. The minimum Gasteiger partial charge on any atom is -0.375 e. The van der Waals surface area contributed by atoms with Crippen LogP contribution in [0, 0.1) is 0 Å². The molecule has 0 saturated carbocycles. The molecule has 0 radical (unpaired) electrons. The number of rotatable bonds is 4. The van der Waals surface area contributed by atoms with Crippen LogP contribution in [0.25, 0.3) is 5.57 Å². The lowest BCUT2D eigenvalue weighted by Crippen LogP contribution is -2.44. The quantitative estimate of drug-likeness (QED) is 0.852. The highest BCUT2D eigenvalue weighted by atomic mass is 16.7. The van der Waals surface area contributed by atoms with Crippen molar-refractivity contribution in [3.63, 3.8) is 0 Å². The van der Waals surface area contributed by atoms with E-state index < -0.39 is 5.60 Å². The first-order valence-corrected chi connectivity index (χ1v) is 7.29. The van der Waals surface area contributed by atoms with Crippen LogP contribution in [-0.4, -0.2) is 29.8 Å². The largest absolute Gasteiger partial charge is 0.375 e. The number of amides is 1. The van der Waals surface area contributed by atoms with Gasteiger partial charge in [-0.1, -0.05) is 30.3 Å². The Hall–Kier alpha value is -1.65. The molecule has 0 fully saturated rings. The summed E-state index contributed by atoms with van der Waals surface area (Å²) in [5.41, 5.74) is 2.59. The maximum Gasteiger partial charge on any atom is 0.247 e. The van der Waals surface area contributed by atoms with Crippen molar-refractivity contribution in [2.75, 3.05) is 13.2 Å². The lowest BCUT2D eigenvalue weighted by molar-refractivity contribution is -0.222. The van der Waals surface area contributed by atoms with Crippen molar-refractivity contribution in [3.05, 3.63) is 41.6 Å². The zero-order chi connectivity index (χ0) is 15.5. The zero-order valence-electron chi connectivity index (χ0n) is 13.2. The summed E-state index contributed by atoms with van der Waals surface area (Å²) in [5, 5.41) is 1.39. The van der Waals surface area contributed by atoms with E-state index >= 15 is 0 Å². The summed E-state index contributed by atoms with van der Waals surface area (Å²) in [4.78, 5) is 17.8. The number of hydrogen-bond acceptors (Lipinski definition) is 3. The summed E-state index contributed by atoms with van der Waals surface area (Å²) in [6.45, 7) is 8.40. The monoisotopic (exact) mass is 289 g/mol. The van der Waals surface area contributed by atoms with Crippen LogP contribution >= 0.6 is 0 Å². The van der Waals surface area contributed by atoms with E-state index in [0.717, 1.165) is 23.3 Å². The number of benzene rings is 1. The summed E-state index contributed by atoms with van der Waals surface area (Å²) in [6, 6.07) is 10.1. The summed E-state index contributed by atoms with van der Waals surface area (Å²) in [6.07, 6.45) is 0.739. The second-order valence-corrected chi connectivity index (χ2v) is 5.77. The second kappa shape index (κ2) is 6.41. The molecule has 0 aliphatic carbocycles. The van der Waals surface area contributed by atoms with Gasteiger partial charge in [-0.2, -0.15) is 5.06 Å². The van der Waals surface area contributed by atoms with Crippen molar-refractivity contribution in [2.24, 2.45) is 0 Å². The lowest BCUT2D eigenvalue weighted by Gasteiger charge is -2.40. The average molecular weight is 289 g/mol. The summed E-state index contributed by atoms with van der Waals surface area (Å²) < 4.78 is 5.54. The first-order chi connectivity index (χ1) is 9.94. The van der Waals surface area contributed by atoms with E-state index in [4.69, 9.17) is 9.57 Å². The highest BCUT2D eigenvalue weighted by Gasteiger charge is 2.35. The van der Waals surface area contributed by atoms with E-state index in [2.05, 4.69) is 12.1 Å². The van der Waals surface area contributed by atoms with Crippen LogP contribution in [-0.2, 0) is 14.4 Å². The fourth-order valence-electron chi connectivity index (χ4n) is 2.49. The molecule has 0 aromatic heterocycles. The minimum absolute atomic E-state index is 0.133. The SMILES string of the molecule is CCOCC1=C(c2ccccc2)CC(C)(C)ON1C(C)=O. The Labute approximate surface area is 126 Å². The molecule has 1 aromatic rings. The molecule has 0 N–H and O–H groups in total. The molecule has 4 heteroatoms. The molecule has 0 bridgehead atoms. The normalized spacial score (nSPS) is 18.0. The minimum atomic E-state index is -0.424. The van der Waals surface area contributed by atoms with Crippen LogP contribution < -0.4 is 0 Å². The van der Waals surface area contributed by atoms with Gasteiger partial charge in [-0.3, -0.25) is 9.63 Å². The van der Waals surface area contributed by atoms with Crippen LogP contribution in [0.4, 0.5) is 0 Å². The van der Waals surface area contributed by atoms with E-state index in [1.807, 2.05) is 39.0 Å². The van der Waals surface area contributed by atoms with Gasteiger partial charge in [0.15, 0.2) is 0 Å². The van der Waals surface area contributed by atoms with Crippen molar-refractivity contribution in [2.45, 2.75) is 39.7 Å². The molecule has 1 aliphatic rings. The topological polar surface area (TPSA) is 38.8 Å². The van der Waals surface area contributed by atoms with Gasteiger partial charge in [0.1, 0.15) is 0 Å². The number of hydroxylamine groups is 2. The van der Waals surface area contributed by atoms with E-state index in [-0.39, 0.29) is 5.91 Å². The number of carbonyl (C=O) groups excluding carboxylic acids is 1. The number of carbonyl (C=O) groups is 1. The van der Waals surface area contributed by atoms with Gasteiger partial charge in [-0.15, -0.1) is 0 Å². The first kappa shape index (κ1) is 15.7. The van der Waals surface area contributed by atoms with E-state index in [1.165, 1.54) is 12.0 Å². The highest BCUT2D eigenvalue weighted by Crippen LogP contribution is 2.37. The molecule has 1 aliphatic heterocycles. The van der Waals surface area contributed by atoms with Crippen molar-refractivity contribution >= 4 is 11.5 Å². The average Bonchev–Trinajstić information content (AvgIpc) is 2.45. The van der Waals surface area contributed by atoms with Gasteiger partial charge in [0, 0.05) is 20.0 Å². The van der Waals surface area contributed by atoms with Crippen LogP contribution in [0.1, 0.15) is 39.7 Å². The number of hydrogen-bond donors (Lipinski definition) is 0. The molecule has 114 valence electrons. The maximum atomic E-state index is 11.9. The van der Waals surface area contributed by atoms with Crippen molar-refractivity contribution in [1.29, 1.82) is 0 Å². The Kier molecular flexibility index (Phi) is 4.80. The third-order valence-corrected chi connectivity index (χ3v) is 3.39. The molecule has 0 saturated heterocycles. The number of ether oxygens (including phenoxy) is 1. The summed E-state index contributed by atoms with van der Waals surface area (Å²) in [7, 11) is 0. The molecular formula is C17H23NO3. The predicted molar refractivity (Wildman–Crippen MR) is 82.2 cm³/mol. The fourth-order valence-corrected chi connectivity index (χ4v) is 2.49. The molecule has 4 nitrogen and oxygen atoms in total. The summed E-state index contributed by atoms with van der Waals surface area (Å²) >= 11 is 0. The van der Waals surface area contributed by atoms with Crippen LogP contribution in [0.5, 0.6) is 0 Å². The van der Waals surface area contributed by atoms with Crippen molar-refractivity contribution < 1.29 is 14.4 Å². The van der Waals surface area contributed by atoms with Crippen LogP contribution in [0.15, 0.2) is 36.0 Å². The third kappa shape index (κ3) is 3.71. The Morgan fingerprint density at radius 3 is 2.57 bits per heavy atom. The van der Waals surface area contributed by atoms with Gasteiger partial charge < -0.3 is 4.74 Å². The Morgan fingerprint density at radius 2 is 2.00 bits per heavy atom. The third-order valence-electron chi connectivity index (χ3n) is 3.39. The van der Waals surface area contributed by atoms with Gasteiger partial charge in [0.25, 0.3) is 0 Å². The van der Waals surface area contributed by atoms with E-state index in [0.29, 0.717) is 13.2 Å². The van der Waals surface area contributed by atoms with Crippen molar-refractivity contribution in [3.8, 4) is 0 Å². The van der Waals surface area contributed by atoms with Crippen LogP contribution in [0.3, 0.4) is 0 Å². The summed E-state index contributed by atoms with van der Waals surface area (Å²) in [5.74, 6) is -0.133. The smallest absolute Gasteiger partial charge is 0.247 e. The Balaban J connectivity index is 2.50. The van der Waals surface area contributed by atoms with Gasteiger partial charge in [0.05, 0.1) is 17.9 Å². The van der Waals surface area contributed by atoms with Gasteiger partial charge in [-0.05, 0) is 31.9 Å². The molecule has 0 unspecified atom stereocenters.